The maximum absolute atomic E-state index is 14.7. The number of hydrogen-bond donors (Lipinski definition) is 1. The molecule has 0 unspecified atom stereocenters. The Morgan fingerprint density at radius 1 is 1.02 bits per heavy atom. The summed E-state index contributed by atoms with van der Waals surface area (Å²) in [7, 11) is 1.79. The molecule has 13 heteroatoms. The topological polar surface area (TPSA) is 104 Å². The number of piperidine rings is 1. The van der Waals surface area contributed by atoms with Gasteiger partial charge >= 0.3 is 0 Å². The number of hydrogen-bond acceptors (Lipinski definition) is 7. The Bertz CT molecular complexity index is 2050. The van der Waals surface area contributed by atoms with Crippen LogP contribution in [0.2, 0.25) is 0 Å². The smallest absolute Gasteiger partial charge is 0.264 e. The van der Waals surface area contributed by atoms with Gasteiger partial charge in [-0.2, -0.15) is 10.2 Å². The fourth-order valence-corrected chi connectivity index (χ4v) is 9.51. The Kier molecular flexibility index (Phi) is 8.07. The molecule has 1 aliphatic carbocycles. The first-order valence-electron chi connectivity index (χ1n) is 18.8. The third-order valence-corrected chi connectivity index (χ3v) is 12.5. The Labute approximate surface area is 302 Å². The first-order chi connectivity index (χ1) is 25.2. The second kappa shape index (κ2) is 12.7. The van der Waals surface area contributed by atoms with Gasteiger partial charge in [0.1, 0.15) is 5.82 Å². The zero-order chi connectivity index (χ0) is 35.7. The standard InChI is InChI=1S/C39H45F2N9O2/c1-24(51)48-15-9-33-31(23-48)37(49-14-3-4-25-18-29(26-20-43-46(2)22-26)30(36(40)41)19-34(25)49)45-50(33)27-7-10-39(11-8-27)12-16-47(17-13-39)35-6-5-28-32(44-35)21-42-38(28)52/h5-6,18-20,22,27,36H,3-4,7-17,21,23H2,1-2H3,(H,42,52). The third kappa shape index (κ3) is 5.63. The number of fused-ring (bicyclic) bond motifs is 3. The van der Waals surface area contributed by atoms with Gasteiger partial charge < -0.3 is 20.0 Å². The summed E-state index contributed by atoms with van der Waals surface area (Å²) in [6, 6.07) is 7.75. The summed E-state index contributed by atoms with van der Waals surface area (Å²) >= 11 is 0. The van der Waals surface area contributed by atoms with E-state index in [1.54, 1.807) is 37.1 Å². The van der Waals surface area contributed by atoms with Gasteiger partial charge in [0.2, 0.25) is 5.91 Å². The van der Waals surface area contributed by atoms with E-state index in [-0.39, 0.29) is 23.4 Å². The zero-order valence-corrected chi connectivity index (χ0v) is 29.9. The van der Waals surface area contributed by atoms with Gasteiger partial charge in [-0.05, 0) is 92.2 Å². The first-order valence-corrected chi connectivity index (χ1v) is 18.8. The largest absolute Gasteiger partial charge is 0.357 e. The number of anilines is 3. The predicted octanol–water partition coefficient (Wildman–Crippen LogP) is 6.25. The van der Waals surface area contributed by atoms with Crippen LogP contribution in [0.15, 0.2) is 36.7 Å². The molecule has 1 spiro atoms. The highest BCUT2D eigenvalue weighted by molar-refractivity contribution is 5.97. The SMILES string of the molecule is CC(=O)N1CCc2c(c(N3CCCc4cc(-c5cnn(C)c5)c(C(F)F)cc43)nn2C2CCC3(CC2)CCN(c2ccc4c(n2)CNC4=O)CC3)C1. The molecule has 0 radical (unpaired) electrons. The van der Waals surface area contributed by atoms with Crippen LogP contribution in [-0.2, 0) is 37.8 Å². The maximum atomic E-state index is 14.7. The Morgan fingerprint density at radius 2 is 1.83 bits per heavy atom. The van der Waals surface area contributed by atoms with Crippen molar-refractivity contribution in [3.63, 3.8) is 0 Å². The van der Waals surface area contributed by atoms with Gasteiger partial charge in [-0.25, -0.2) is 13.8 Å². The van der Waals surface area contributed by atoms with Gasteiger partial charge in [0.05, 0.1) is 36.6 Å². The minimum absolute atomic E-state index is 0.00000343. The van der Waals surface area contributed by atoms with Crippen LogP contribution in [-0.4, -0.2) is 67.4 Å². The minimum atomic E-state index is -2.64. The van der Waals surface area contributed by atoms with Crippen molar-refractivity contribution in [1.29, 1.82) is 0 Å². The minimum Gasteiger partial charge on any atom is -0.357 e. The van der Waals surface area contributed by atoms with Crippen LogP contribution in [0.4, 0.5) is 26.1 Å². The third-order valence-electron chi connectivity index (χ3n) is 12.5. The molecule has 2 amide bonds. The fraction of sp³-hybridized carbons (Fsp3) is 0.513. The lowest BCUT2D eigenvalue weighted by Gasteiger charge is -2.46. The Hall–Kier alpha value is -4.81. The number of nitrogens with one attached hydrogen (secondary N) is 1. The molecule has 5 aliphatic rings. The highest BCUT2D eigenvalue weighted by Gasteiger charge is 2.41. The molecule has 4 aliphatic heterocycles. The Morgan fingerprint density at radius 3 is 2.56 bits per heavy atom. The summed E-state index contributed by atoms with van der Waals surface area (Å²) in [5, 5.41) is 12.5. The molecule has 272 valence electrons. The number of amides is 2. The quantitative estimate of drug-likeness (QED) is 0.261. The highest BCUT2D eigenvalue weighted by Crippen LogP contribution is 2.50. The number of benzene rings is 1. The summed E-state index contributed by atoms with van der Waals surface area (Å²) < 4.78 is 33.2. The van der Waals surface area contributed by atoms with Gasteiger partial charge in [0.25, 0.3) is 12.3 Å². The number of rotatable bonds is 5. The van der Waals surface area contributed by atoms with Crippen LogP contribution >= 0.6 is 0 Å². The molecule has 0 bridgehead atoms. The van der Waals surface area contributed by atoms with Crippen molar-refractivity contribution < 1.29 is 18.4 Å². The average molecular weight is 710 g/mol. The van der Waals surface area contributed by atoms with Crippen LogP contribution in [0.3, 0.4) is 0 Å². The number of nitrogens with zero attached hydrogens (tertiary/aromatic N) is 8. The summed E-state index contributed by atoms with van der Waals surface area (Å²) in [4.78, 5) is 35.8. The van der Waals surface area contributed by atoms with Gasteiger partial charge in [-0.3, -0.25) is 19.0 Å². The summed E-state index contributed by atoms with van der Waals surface area (Å²) in [5.74, 6) is 1.77. The van der Waals surface area contributed by atoms with E-state index in [0.717, 1.165) is 105 Å². The summed E-state index contributed by atoms with van der Waals surface area (Å²) in [6.45, 7) is 5.85. The second-order valence-electron chi connectivity index (χ2n) is 15.5. The van der Waals surface area contributed by atoms with E-state index >= 15 is 0 Å². The number of carbonyl (C=O) groups excluding carboxylic acids is 2. The van der Waals surface area contributed by atoms with Crippen molar-refractivity contribution in [3.8, 4) is 11.1 Å². The zero-order valence-electron chi connectivity index (χ0n) is 29.9. The molecule has 4 aromatic rings. The summed E-state index contributed by atoms with van der Waals surface area (Å²) in [5.41, 5.74) is 7.10. The molecule has 52 heavy (non-hydrogen) atoms. The molecule has 9 rings (SSSR count). The number of halogens is 2. The highest BCUT2D eigenvalue weighted by atomic mass is 19.3. The molecular formula is C39H45F2N9O2. The van der Waals surface area contributed by atoms with E-state index in [2.05, 4.69) is 24.9 Å². The lowest BCUT2D eigenvalue weighted by atomic mass is 9.67. The van der Waals surface area contributed by atoms with Crippen molar-refractivity contribution in [1.82, 2.24) is 34.8 Å². The van der Waals surface area contributed by atoms with Crippen LogP contribution in [0.5, 0.6) is 0 Å². The predicted molar refractivity (Wildman–Crippen MR) is 193 cm³/mol. The molecule has 1 aromatic carbocycles. The van der Waals surface area contributed by atoms with Crippen molar-refractivity contribution in [2.75, 3.05) is 36.0 Å². The van der Waals surface area contributed by atoms with Gasteiger partial charge in [-0.1, -0.05) is 0 Å². The van der Waals surface area contributed by atoms with E-state index in [1.165, 1.54) is 5.69 Å². The molecule has 1 saturated heterocycles. The van der Waals surface area contributed by atoms with Crippen LogP contribution < -0.4 is 15.1 Å². The maximum Gasteiger partial charge on any atom is 0.264 e. The summed E-state index contributed by atoms with van der Waals surface area (Å²) in [6.07, 6.45) is 9.77. The number of aromatic nitrogens is 5. The second-order valence-corrected chi connectivity index (χ2v) is 15.5. The molecule has 1 N–H and O–H groups in total. The normalized spacial score (nSPS) is 19.9. The fourth-order valence-electron chi connectivity index (χ4n) is 9.51. The van der Waals surface area contributed by atoms with Gasteiger partial charge in [0.15, 0.2) is 5.82 Å². The van der Waals surface area contributed by atoms with E-state index < -0.39 is 6.43 Å². The van der Waals surface area contributed by atoms with Crippen molar-refractivity contribution >= 4 is 29.1 Å². The van der Waals surface area contributed by atoms with Crippen LogP contribution in [0, 0.1) is 5.41 Å². The number of aryl methyl sites for hydroxylation is 2. The lowest BCUT2D eigenvalue weighted by molar-refractivity contribution is -0.129. The van der Waals surface area contributed by atoms with Crippen molar-refractivity contribution in [2.45, 2.75) is 90.3 Å². The molecule has 1 saturated carbocycles. The molecule has 2 fully saturated rings. The van der Waals surface area contributed by atoms with E-state index in [9.17, 15) is 18.4 Å². The number of pyridine rings is 1. The lowest BCUT2D eigenvalue weighted by Crippen LogP contribution is -2.42. The van der Waals surface area contributed by atoms with Gasteiger partial charge in [0, 0.05) is 80.8 Å². The average Bonchev–Trinajstić information content (AvgIpc) is 3.87. The monoisotopic (exact) mass is 709 g/mol. The van der Waals surface area contributed by atoms with E-state index in [4.69, 9.17) is 10.1 Å². The molecule has 11 nitrogen and oxygen atoms in total. The van der Waals surface area contributed by atoms with E-state index in [1.807, 2.05) is 23.1 Å². The van der Waals surface area contributed by atoms with Gasteiger partial charge in [-0.15, -0.1) is 0 Å². The molecule has 0 atom stereocenters. The number of carbonyl (C=O) groups is 2. The van der Waals surface area contributed by atoms with Crippen molar-refractivity contribution in [3.05, 3.63) is 70.3 Å². The molecule has 3 aromatic heterocycles. The first kappa shape index (κ1) is 33.1. The van der Waals surface area contributed by atoms with E-state index in [0.29, 0.717) is 48.3 Å². The van der Waals surface area contributed by atoms with Crippen LogP contribution in [0.25, 0.3) is 11.1 Å². The Balaban J connectivity index is 0.978. The van der Waals surface area contributed by atoms with Crippen molar-refractivity contribution in [2.24, 2.45) is 12.5 Å². The molecular weight excluding hydrogens is 664 g/mol. The molecule has 7 heterocycles. The van der Waals surface area contributed by atoms with Crippen LogP contribution in [0.1, 0.15) is 103 Å². The number of alkyl halides is 2.